The highest BCUT2D eigenvalue weighted by atomic mass is 79.9. The molecule has 1 aliphatic rings. The fourth-order valence-electron chi connectivity index (χ4n) is 6.37. The second-order valence-corrected chi connectivity index (χ2v) is 13.4. The summed E-state index contributed by atoms with van der Waals surface area (Å²) in [7, 11) is 0. The lowest BCUT2D eigenvalue weighted by atomic mass is 9.91. The van der Waals surface area contributed by atoms with Gasteiger partial charge in [-0.3, -0.25) is 9.36 Å². The third-order valence-electron chi connectivity index (χ3n) is 8.52. The number of ether oxygens (including phenoxy) is 3. The molecule has 1 aromatic heterocycles. The molecule has 7 rings (SSSR count). The van der Waals surface area contributed by atoms with Gasteiger partial charge < -0.3 is 14.2 Å². The number of hydrogen-bond donors (Lipinski definition) is 0. The van der Waals surface area contributed by atoms with Gasteiger partial charge in [0.1, 0.15) is 6.61 Å². The number of rotatable bonds is 9. The lowest BCUT2D eigenvalue weighted by Crippen LogP contribution is -2.40. The Morgan fingerprint density at radius 2 is 1.59 bits per heavy atom. The number of nitrogens with zero attached hydrogens (tertiary/aromatic N) is 2. The van der Waals surface area contributed by atoms with E-state index in [9.17, 15) is 9.59 Å². The highest BCUT2D eigenvalue weighted by Gasteiger charge is 2.34. The van der Waals surface area contributed by atoms with Gasteiger partial charge in [0.15, 0.2) is 16.3 Å². The standard InChI is InChI=1S/C40H33BrN2O5S/c1-4-46-33-21-25(20-32(41)37(33)48-23-28-16-10-14-26-12-6-8-17-29(26)28)22-34-38(44)43-36(31-19-11-15-27-13-7-9-18-30(27)31)35(39(45)47-5-2)24(3)42-40(43)49-34/h6-22,36H,4-5,23H2,1-3H3/b34-22+/t36-/m0/s1. The van der Waals surface area contributed by atoms with Crippen molar-refractivity contribution in [3.63, 3.8) is 0 Å². The van der Waals surface area contributed by atoms with Crippen molar-refractivity contribution in [1.29, 1.82) is 0 Å². The molecule has 0 bridgehead atoms. The molecule has 0 N–H and O–H groups in total. The molecule has 0 saturated heterocycles. The Morgan fingerprint density at radius 3 is 2.35 bits per heavy atom. The van der Waals surface area contributed by atoms with Crippen LogP contribution in [-0.4, -0.2) is 23.8 Å². The summed E-state index contributed by atoms with van der Waals surface area (Å²) in [6.07, 6.45) is 1.83. The number of esters is 1. The van der Waals surface area contributed by atoms with Gasteiger partial charge >= 0.3 is 5.97 Å². The SMILES string of the molecule is CCOC(=O)C1=C(C)N=c2s/c(=C/c3cc(Br)c(OCc4cccc5ccccc45)c(OCC)c3)c(=O)n2[C@H]1c1cccc2ccccc12. The molecule has 6 aromatic rings. The van der Waals surface area contributed by atoms with Crippen molar-refractivity contribution in [3.8, 4) is 11.5 Å². The van der Waals surface area contributed by atoms with Crippen molar-refractivity contribution in [3.05, 3.63) is 149 Å². The van der Waals surface area contributed by atoms with Gasteiger partial charge in [-0.15, -0.1) is 0 Å². The molecule has 1 aliphatic heterocycles. The minimum Gasteiger partial charge on any atom is -0.490 e. The van der Waals surface area contributed by atoms with E-state index in [1.54, 1.807) is 18.4 Å². The average Bonchev–Trinajstić information content (AvgIpc) is 3.40. The van der Waals surface area contributed by atoms with Gasteiger partial charge in [-0.1, -0.05) is 96.3 Å². The first-order valence-electron chi connectivity index (χ1n) is 16.1. The molecule has 0 aliphatic carbocycles. The second kappa shape index (κ2) is 13.9. The Hall–Kier alpha value is -4.99. The Balaban J connectivity index is 1.32. The number of thiazole rings is 1. The number of hydrogen-bond acceptors (Lipinski definition) is 7. The van der Waals surface area contributed by atoms with Crippen LogP contribution in [0.3, 0.4) is 0 Å². The van der Waals surface area contributed by atoms with Crippen LogP contribution in [0.5, 0.6) is 11.5 Å². The molecule has 0 fully saturated rings. The van der Waals surface area contributed by atoms with E-state index in [2.05, 4.69) is 40.2 Å². The zero-order valence-electron chi connectivity index (χ0n) is 27.2. The zero-order valence-corrected chi connectivity index (χ0v) is 29.6. The maximum absolute atomic E-state index is 14.3. The van der Waals surface area contributed by atoms with E-state index in [-0.39, 0.29) is 12.2 Å². The Bertz CT molecular complexity index is 2450. The quantitative estimate of drug-likeness (QED) is 0.142. The van der Waals surface area contributed by atoms with Crippen LogP contribution in [0.4, 0.5) is 0 Å². The third-order valence-corrected chi connectivity index (χ3v) is 10.1. The number of allylic oxidation sites excluding steroid dienone is 1. The highest BCUT2D eigenvalue weighted by molar-refractivity contribution is 9.10. The van der Waals surface area contributed by atoms with Gasteiger partial charge in [0.05, 0.1) is 39.5 Å². The predicted molar refractivity (Wildman–Crippen MR) is 198 cm³/mol. The molecular formula is C40H33BrN2O5S. The molecule has 2 heterocycles. The van der Waals surface area contributed by atoms with Crippen LogP contribution in [0.1, 0.15) is 43.5 Å². The van der Waals surface area contributed by atoms with E-state index < -0.39 is 12.0 Å². The summed E-state index contributed by atoms with van der Waals surface area (Å²) in [6, 6.07) is 31.4. The van der Waals surface area contributed by atoms with Crippen molar-refractivity contribution < 1.29 is 19.0 Å². The number of aromatic nitrogens is 1. The van der Waals surface area contributed by atoms with Gasteiger partial charge in [0, 0.05) is 0 Å². The lowest BCUT2D eigenvalue weighted by Gasteiger charge is -2.25. The van der Waals surface area contributed by atoms with Crippen molar-refractivity contribution in [2.45, 2.75) is 33.4 Å². The summed E-state index contributed by atoms with van der Waals surface area (Å²) in [5.41, 5.74) is 3.28. The number of halogens is 1. The van der Waals surface area contributed by atoms with Gasteiger partial charge in [-0.25, -0.2) is 9.79 Å². The van der Waals surface area contributed by atoms with Gasteiger partial charge in [-0.05, 0) is 93.1 Å². The molecular weight excluding hydrogens is 700 g/mol. The molecule has 1 atom stereocenters. The first-order chi connectivity index (χ1) is 23.9. The lowest BCUT2D eigenvalue weighted by molar-refractivity contribution is -0.139. The fraction of sp³-hybridized carbons (Fsp3) is 0.175. The molecule has 7 nitrogen and oxygen atoms in total. The largest absolute Gasteiger partial charge is 0.490 e. The number of fused-ring (bicyclic) bond motifs is 3. The van der Waals surface area contributed by atoms with E-state index in [1.165, 1.54) is 11.3 Å². The Kier molecular flexibility index (Phi) is 9.21. The van der Waals surface area contributed by atoms with Crippen LogP contribution in [0.15, 0.2) is 123 Å². The monoisotopic (exact) mass is 732 g/mol. The topological polar surface area (TPSA) is 79.1 Å². The molecule has 0 unspecified atom stereocenters. The average molecular weight is 734 g/mol. The molecule has 5 aromatic carbocycles. The summed E-state index contributed by atoms with van der Waals surface area (Å²) in [6.45, 7) is 6.48. The molecule has 0 saturated carbocycles. The van der Waals surface area contributed by atoms with Gasteiger partial charge in [0.2, 0.25) is 0 Å². The summed E-state index contributed by atoms with van der Waals surface area (Å²) < 4.78 is 20.7. The Labute approximate surface area is 295 Å². The molecule has 0 spiro atoms. The molecule has 246 valence electrons. The maximum Gasteiger partial charge on any atom is 0.338 e. The van der Waals surface area contributed by atoms with Crippen molar-refractivity contribution >= 4 is 60.9 Å². The van der Waals surface area contributed by atoms with Gasteiger partial charge in [-0.2, -0.15) is 0 Å². The van der Waals surface area contributed by atoms with Crippen molar-refractivity contribution in [2.75, 3.05) is 13.2 Å². The van der Waals surface area contributed by atoms with Crippen LogP contribution in [0.2, 0.25) is 0 Å². The highest BCUT2D eigenvalue weighted by Crippen LogP contribution is 2.38. The van der Waals surface area contributed by atoms with E-state index in [4.69, 9.17) is 19.2 Å². The molecule has 0 radical (unpaired) electrons. The van der Waals surface area contributed by atoms with Crippen LogP contribution >= 0.6 is 27.3 Å². The smallest absolute Gasteiger partial charge is 0.338 e. The maximum atomic E-state index is 14.3. The number of benzene rings is 5. The summed E-state index contributed by atoms with van der Waals surface area (Å²) in [5, 5.41) is 4.24. The van der Waals surface area contributed by atoms with Crippen molar-refractivity contribution in [2.24, 2.45) is 4.99 Å². The summed E-state index contributed by atoms with van der Waals surface area (Å²) in [4.78, 5) is 33.0. The minimum atomic E-state index is -0.709. The third kappa shape index (κ3) is 6.20. The zero-order chi connectivity index (χ0) is 34.1. The van der Waals surface area contributed by atoms with E-state index in [0.717, 1.165) is 38.2 Å². The first kappa shape index (κ1) is 32.6. The summed E-state index contributed by atoms with van der Waals surface area (Å²) >= 11 is 4.99. The fourth-order valence-corrected chi connectivity index (χ4v) is 7.99. The first-order valence-corrected chi connectivity index (χ1v) is 17.7. The summed E-state index contributed by atoms with van der Waals surface area (Å²) in [5.74, 6) is 0.657. The van der Waals surface area contributed by atoms with Crippen LogP contribution in [-0.2, 0) is 16.1 Å². The van der Waals surface area contributed by atoms with Crippen LogP contribution in [0, 0.1) is 0 Å². The Morgan fingerprint density at radius 1 is 0.898 bits per heavy atom. The molecule has 9 heteroatoms. The molecule has 0 amide bonds. The van der Waals surface area contributed by atoms with E-state index >= 15 is 0 Å². The number of carbonyl (C=O) groups is 1. The van der Waals surface area contributed by atoms with Gasteiger partial charge in [0.25, 0.3) is 5.56 Å². The molecule has 49 heavy (non-hydrogen) atoms. The van der Waals surface area contributed by atoms with Crippen LogP contribution in [0.25, 0.3) is 27.6 Å². The minimum absolute atomic E-state index is 0.209. The van der Waals surface area contributed by atoms with Crippen LogP contribution < -0.4 is 24.4 Å². The van der Waals surface area contributed by atoms with E-state index in [0.29, 0.717) is 49.8 Å². The predicted octanol–water partition coefficient (Wildman–Crippen LogP) is 7.84. The number of carbonyl (C=O) groups excluding carboxylic acids is 1. The second-order valence-electron chi connectivity index (χ2n) is 11.6. The normalized spacial score (nSPS) is 14.5. The van der Waals surface area contributed by atoms with Crippen molar-refractivity contribution in [1.82, 2.24) is 4.57 Å². The van der Waals surface area contributed by atoms with E-state index in [1.807, 2.05) is 85.8 Å².